The van der Waals surface area contributed by atoms with Gasteiger partial charge in [0, 0.05) is 12.4 Å². The largest absolute Gasteiger partial charge is 0.507 e. The smallest absolute Gasteiger partial charge is 0.325 e. The summed E-state index contributed by atoms with van der Waals surface area (Å²) in [6, 6.07) is 5.16. The van der Waals surface area contributed by atoms with Crippen LogP contribution in [-0.4, -0.2) is 14.7 Å². The van der Waals surface area contributed by atoms with Crippen molar-refractivity contribution in [2.45, 2.75) is 6.54 Å². The van der Waals surface area contributed by atoms with Crippen molar-refractivity contribution in [3.63, 3.8) is 0 Å². The van der Waals surface area contributed by atoms with E-state index in [1.807, 2.05) is 0 Å². The fourth-order valence-electron chi connectivity index (χ4n) is 1.32. The Balaban J connectivity index is 2.29. The summed E-state index contributed by atoms with van der Waals surface area (Å²) < 4.78 is 2.18. The normalized spacial score (nSPS) is 10.5. The van der Waals surface area contributed by atoms with Crippen molar-refractivity contribution in [2.75, 3.05) is 0 Å². The lowest BCUT2D eigenvalue weighted by atomic mass is 10.2. The van der Waals surface area contributed by atoms with Crippen LogP contribution in [0, 0.1) is 0 Å². The first-order chi connectivity index (χ1) is 7.16. The molecule has 0 radical (unpaired) electrons. The molecule has 0 saturated carbocycles. The highest BCUT2D eigenvalue weighted by Gasteiger charge is 2.01. The molecule has 1 aromatic heterocycles. The topological polar surface area (TPSA) is 58.0 Å². The van der Waals surface area contributed by atoms with Gasteiger partial charge in [0.1, 0.15) is 5.75 Å². The summed E-state index contributed by atoms with van der Waals surface area (Å²) in [5, 5.41) is 9.30. The number of nitrogens with one attached hydrogen (secondary N) is 1. The minimum atomic E-state index is -0.140. The molecule has 0 unspecified atom stereocenters. The number of hydrogen-bond donors (Lipinski definition) is 2. The van der Waals surface area contributed by atoms with Crippen LogP contribution in [0.1, 0.15) is 5.56 Å². The number of aromatic amines is 1. The van der Waals surface area contributed by atoms with Gasteiger partial charge in [-0.25, -0.2) is 4.79 Å². The number of nitrogens with zero attached hydrogens (tertiary/aromatic N) is 1. The van der Waals surface area contributed by atoms with Crippen LogP contribution in [0.3, 0.4) is 0 Å². The number of aromatic nitrogens is 2. The lowest BCUT2D eigenvalue weighted by Crippen LogP contribution is -2.16. The lowest BCUT2D eigenvalue weighted by molar-refractivity contribution is 0.471. The van der Waals surface area contributed by atoms with E-state index in [1.54, 1.807) is 35.2 Å². The minimum absolute atomic E-state index is 0.140. The molecule has 2 aromatic rings. The zero-order chi connectivity index (χ0) is 10.8. The zero-order valence-corrected chi connectivity index (χ0v) is 9.36. The number of H-pyrrole nitrogens is 1. The van der Waals surface area contributed by atoms with Gasteiger partial charge in [0.15, 0.2) is 0 Å². The molecule has 0 spiro atoms. The van der Waals surface area contributed by atoms with Crippen molar-refractivity contribution in [3.05, 3.63) is 51.1 Å². The summed E-state index contributed by atoms with van der Waals surface area (Å²) in [5.41, 5.74) is 0.806. The maximum absolute atomic E-state index is 11.2. The molecule has 1 aromatic carbocycles. The number of phenols is 1. The lowest BCUT2D eigenvalue weighted by Gasteiger charge is -2.03. The van der Waals surface area contributed by atoms with Crippen LogP contribution in [0.4, 0.5) is 0 Å². The number of aromatic hydroxyl groups is 1. The molecule has 1 heterocycles. The SMILES string of the molecule is O=c1[nH]ccn1Cc1ccc(O)c(Br)c1. The monoisotopic (exact) mass is 268 g/mol. The number of hydrogen-bond acceptors (Lipinski definition) is 2. The van der Waals surface area contributed by atoms with E-state index in [4.69, 9.17) is 0 Å². The molecule has 2 rings (SSSR count). The molecule has 78 valence electrons. The van der Waals surface area contributed by atoms with Gasteiger partial charge in [-0.3, -0.25) is 4.57 Å². The molecule has 2 N–H and O–H groups in total. The quantitative estimate of drug-likeness (QED) is 0.871. The van der Waals surface area contributed by atoms with E-state index in [9.17, 15) is 9.90 Å². The van der Waals surface area contributed by atoms with E-state index >= 15 is 0 Å². The average Bonchev–Trinajstić information content (AvgIpc) is 2.59. The van der Waals surface area contributed by atoms with E-state index < -0.39 is 0 Å². The first-order valence-electron chi connectivity index (χ1n) is 4.38. The van der Waals surface area contributed by atoms with Crippen molar-refractivity contribution in [2.24, 2.45) is 0 Å². The maximum Gasteiger partial charge on any atom is 0.325 e. The van der Waals surface area contributed by atoms with Crippen LogP contribution in [-0.2, 0) is 6.54 Å². The summed E-state index contributed by atoms with van der Waals surface area (Å²) in [6.45, 7) is 0.487. The highest BCUT2D eigenvalue weighted by Crippen LogP contribution is 2.24. The van der Waals surface area contributed by atoms with Gasteiger partial charge in [0.05, 0.1) is 11.0 Å². The molecular formula is C10H9BrN2O2. The summed E-state index contributed by atoms with van der Waals surface area (Å²) in [6.07, 6.45) is 3.28. The second-order valence-electron chi connectivity index (χ2n) is 3.18. The number of rotatable bonds is 2. The third-order valence-electron chi connectivity index (χ3n) is 2.09. The van der Waals surface area contributed by atoms with E-state index in [1.165, 1.54) is 0 Å². The first kappa shape index (κ1) is 10.0. The van der Waals surface area contributed by atoms with Gasteiger partial charge < -0.3 is 10.1 Å². The van der Waals surface area contributed by atoms with Gasteiger partial charge >= 0.3 is 5.69 Å². The van der Waals surface area contributed by atoms with Gasteiger partial charge in [0.25, 0.3) is 0 Å². The van der Waals surface area contributed by atoms with Crippen molar-refractivity contribution in [1.82, 2.24) is 9.55 Å². The van der Waals surface area contributed by atoms with Crippen LogP contribution in [0.5, 0.6) is 5.75 Å². The standard InChI is InChI=1S/C10H9BrN2O2/c11-8-5-7(1-2-9(8)14)6-13-4-3-12-10(13)15/h1-5,14H,6H2,(H,12,15). The number of benzene rings is 1. The minimum Gasteiger partial charge on any atom is -0.507 e. The molecule has 5 heteroatoms. The van der Waals surface area contributed by atoms with Crippen LogP contribution in [0.2, 0.25) is 0 Å². The highest BCUT2D eigenvalue weighted by atomic mass is 79.9. The second-order valence-corrected chi connectivity index (χ2v) is 4.03. The molecule has 0 bridgehead atoms. The van der Waals surface area contributed by atoms with Gasteiger partial charge in [-0.1, -0.05) is 6.07 Å². The predicted molar refractivity (Wildman–Crippen MR) is 60.0 cm³/mol. The Morgan fingerprint density at radius 2 is 2.27 bits per heavy atom. The number of halogens is 1. The fourth-order valence-corrected chi connectivity index (χ4v) is 1.75. The third-order valence-corrected chi connectivity index (χ3v) is 2.72. The molecule has 0 fully saturated rings. The zero-order valence-electron chi connectivity index (χ0n) is 7.77. The molecule has 0 amide bonds. The highest BCUT2D eigenvalue weighted by molar-refractivity contribution is 9.10. The molecule has 4 nitrogen and oxygen atoms in total. The van der Waals surface area contributed by atoms with Gasteiger partial charge in [-0.2, -0.15) is 0 Å². The van der Waals surface area contributed by atoms with Crippen LogP contribution >= 0.6 is 15.9 Å². The van der Waals surface area contributed by atoms with Crippen LogP contribution < -0.4 is 5.69 Å². The number of imidazole rings is 1. The Bertz CT molecular complexity index is 530. The number of phenolic OH excluding ortho intramolecular Hbond substituents is 1. The van der Waals surface area contributed by atoms with E-state index in [-0.39, 0.29) is 11.4 Å². The Hall–Kier alpha value is -1.49. The summed E-state index contributed by atoms with van der Waals surface area (Å²) >= 11 is 3.22. The molecule has 0 aliphatic heterocycles. The molecule has 0 aliphatic rings. The van der Waals surface area contributed by atoms with Crippen molar-refractivity contribution in [1.29, 1.82) is 0 Å². The summed E-state index contributed by atoms with van der Waals surface area (Å²) in [5.74, 6) is 0.195. The van der Waals surface area contributed by atoms with Crippen molar-refractivity contribution < 1.29 is 5.11 Å². The van der Waals surface area contributed by atoms with E-state index in [0.717, 1.165) is 5.56 Å². The Morgan fingerprint density at radius 3 is 2.87 bits per heavy atom. The van der Waals surface area contributed by atoms with E-state index in [2.05, 4.69) is 20.9 Å². The Kier molecular flexibility index (Phi) is 2.64. The second kappa shape index (κ2) is 3.94. The first-order valence-corrected chi connectivity index (χ1v) is 5.17. The maximum atomic E-state index is 11.2. The van der Waals surface area contributed by atoms with Crippen molar-refractivity contribution >= 4 is 15.9 Å². The molecule has 15 heavy (non-hydrogen) atoms. The Labute approximate surface area is 94.3 Å². The van der Waals surface area contributed by atoms with Gasteiger partial charge in [-0.15, -0.1) is 0 Å². The predicted octanol–water partition coefficient (Wildman–Crippen LogP) is 1.69. The summed E-state index contributed by atoms with van der Waals surface area (Å²) in [7, 11) is 0. The van der Waals surface area contributed by atoms with Crippen LogP contribution in [0.25, 0.3) is 0 Å². The summed E-state index contributed by atoms with van der Waals surface area (Å²) in [4.78, 5) is 13.8. The van der Waals surface area contributed by atoms with E-state index in [0.29, 0.717) is 11.0 Å². The van der Waals surface area contributed by atoms with Gasteiger partial charge in [0.2, 0.25) is 0 Å². The average molecular weight is 269 g/mol. The fraction of sp³-hybridized carbons (Fsp3) is 0.100. The molecular weight excluding hydrogens is 260 g/mol. The Morgan fingerprint density at radius 1 is 1.47 bits per heavy atom. The van der Waals surface area contributed by atoms with Gasteiger partial charge in [-0.05, 0) is 33.6 Å². The molecule has 0 saturated heterocycles. The molecule has 0 aliphatic carbocycles. The van der Waals surface area contributed by atoms with Crippen LogP contribution in [0.15, 0.2) is 39.9 Å². The van der Waals surface area contributed by atoms with Crippen molar-refractivity contribution in [3.8, 4) is 5.75 Å². The third kappa shape index (κ3) is 2.12. The molecule has 0 atom stereocenters.